The van der Waals surface area contributed by atoms with Gasteiger partial charge in [0.25, 0.3) is 5.91 Å². The highest BCUT2D eigenvalue weighted by Crippen LogP contribution is 2.21. The molecule has 3 rings (SSSR count). The van der Waals surface area contributed by atoms with E-state index in [-0.39, 0.29) is 11.7 Å². The predicted molar refractivity (Wildman–Crippen MR) is 72.9 cm³/mol. The molecule has 1 aromatic heterocycles. The van der Waals surface area contributed by atoms with Gasteiger partial charge < -0.3 is 16.4 Å². The van der Waals surface area contributed by atoms with Crippen LogP contribution in [-0.4, -0.2) is 28.8 Å². The third-order valence-electron chi connectivity index (χ3n) is 3.35. The summed E-state index contributed by atoms with van der Waals surface area (Å²) in [5, 5.41) is 9.67. The van der Waals surface area contributed by atoms with Crippen LogP contribution in [0.15, 0.2) is 24.5 Å². The summed E-state index contributed by atoms with van der Waals surface area (Å²) in [5.74, 6) is -3.19. The monoisotopic (exact) mass is 293 g/mol. The van der Waals surface area contributed by atoms with Gasteiger partial charge in [0.05, 0.1) is 17.9 Å². The largest absolute Gasteiger partial charge is 0.398 e. The average molecular weight is 293 g/mol. The molecule has 1 saturated heterocycles. The van der Waals surface area contributed by atoms with Crippen LogP contribution in [-0.2, 0) is 0 Å². The quantitative estimate of drug-likeness (QED) is 0.741. The number of rotatable bonds is 3. The van der Waals surface area contributed by atoms with Gasteiger partial charge in [0, 0.05) is 25.0 Å². The summed E-state index contributed by atoms with van der Waals surface area (Å²) in [7, 11) is 0. The minimum absolute atomic E-state index is 0.123. The van der Waals surface area contributed by atoms with E-state index in [4.69, 9.17) is 5.73 Å². The van der Waals surface area contributed by atoms with Gasteiger partial charge in [-0.3, -0.25) is 9.48 Å². The zero-order valence-electron chi connectivity index (χ0n) is 10.9. The Kier molecular flexibility index (Phi) is 3.30. The number of nitrogens with two attached hydrogens (primary N) is 1. The molecule has 0 radical (unpaired) electrons. The first-order chi connectivity index (χ1) is 10.1. The number of aromatic nitrogens is 2. The van der Waals surface area contributed by atoms with E-state index in [1.54, 1.807) is 10.9 Å². The Bertz CT molecular complexity index is 696. The zero-order chi connectivity index (χ0) is 15.0. The first kappa shape index (κ1) is 13.5. The van der Waals surface area contributed by atoms with Gasteiger partial charge in [-0.05, 0) is 12.1 Å². The second kappa shape index (κ2) is 5.13. The van der Waals surface area contributed by atoms with Crippen LogP contribution in [0.2, 0.25) is 0 Å². The first-order valence-electron chi connectivity index (χ1n) is 6.36. The number of benzene rings is 1. The SMILES string of the molecule is Nc1ccc(F)c(F)c1C(=O)Nc1cnn(C2CNC2)c1. The molecule has 1 aliphatic rings. The van der Waals surface area contributed by atoms with Gasteiger partial charge in [0.2, 0.25) is 0 Å². The number of amides is 1. The standard InChI is InChI=1S/C13H13F2N5O/c14-9-1-2-10(16)11(12(9)15)13(21)19-7-3-18-20(6-7)8-4-17-5-8/h1-3,6,8,17H,4-5,16H2,(H,19,21). The highest BCUT2D eigenvalue weighted by Gasteiger charge is 2.22. The van der Waals surface area contributed by atoms with Crippen molar-refractivity contribution in [3.8, 4) is 0 Å². The molecule has 1 amide bonds. The molecular weight excluding hydrogens is 280 g/mol. The fourth-order valence-corrected chi connectivity index (χ4v) is 2.05. The molecule has 1 fully saturated rings. The fraction of sp³-hybridized carbons (Fsp3) is 0.231. The van der Waals surface area contributed by atoms with E-state index in [2.05, 4.69) is 15.7 Å². The third-order valence-corrected chi connectivity index (χ3v) is 3.35. The van der Waals surface area contributed by atoms with Gasteiger partial charge in [-0.15, -0.1) is 0 Å². The number of carbonyl (C=O) groups is 1. The molecule has 2 heterocycles. The Hall–Kier alpha value is -2.48. The lowest BCUT2D eigenvalue weighted by Gasteiger charge is -2.27. The molecule has 0 saturated carbocycles. The lowest BCUT2D eigenvalue weighted by molar-refractivity contribution is 0.102. The zero-order valence-corrected chi connectivity index (χ0v) is 10.9. The van der Waals surface area contributed by atoms with E-state index < -0.39 is 23.1 Å². The number of halogens is 2. The van der Waals surface area contributed by atoms with Crippen molar-refractivity contribution in [2.75, 3.05) is 24.1 Å². The molecule has 1 aliphatic heterocycles. The number of carbonyl (C=O) groups excluding carboxylic acids is 1. The van der Waals surface area contributed by atoms with Gasteiger partial charge >= 0.3 is 0 Å². The van der Waals surface area contributed by atoms with E-state index in [9.17, 15) is 13.6 Å². The Balaban J connectivity index is 1.80. The lowest BCUT2D eigenvalue weighted by atomic mass is 10.1. The van der Waals surface area contributed by atoms with Crippen LogP contribution in [0.3, 0.4) is 0 Å². The summed E-state index contributed by atoms with van der Waals surface area (Å²) in [4.78, 5) is 12.0. The summed E-state index contributed by atoms with van der Waals surface area (Å²) in [6, 6.07) is 2.27. The van der Waals surface area contributed by atoms with Crippen molar-refractivity contribution in [3.05, 3.63) is 41.7 Å². The van der Waals surface area contributed by atoms with Crippen LogP contribution in [0.1, 0.15) is 16.4 Å². The van der Waals surface area contributed by atoms with E-state index in [1.807, 2.05) is 0 Å². The second-order valence-corrected chi connectivity index (χ2v) is 4.80. The highest BCUT2D eigenvalue weighted by molar-refractivity contribution is 6.07. The Labute approximate surface area is 118 Å². The minimum atomic E-state index is -1.26. The molecule has 0 bridgehead atoms. The van der Waals surface area contributed by atoms with Crippen molar-refractivity contribution in [2.24, 2.45) is 0 Å². The summed E-state index contributed by atoms with van der Waals surface area (Å²) in [6.45, 7) is 1.61. The van der Waals surface area contributed by atoms with Crippen LogP contribution in [0, 0.1) is 11.6 Å². The summed E-state index contributed by atoms with van der Waals surface area (Å²) < 4.78 is 28.6. The van der Waals surface area contributed by atoms with Crippen molar-refractivity contribution < 1.29 is 13.6 Å². The number of nitrogens with one attached hydrogen (secondary N) is 2. The Morgan fingerprint density at radius 1 is 1.43 bits per heavy atom. The van der Waals surface area contributed by atoms with Crippen LogP contribution < -0.4 is 16.4 Å². The molecule has 2 aromatic rings. The van der Waals surface area contributed by atoms with Crippen LogP contribution in [0.25, 0.3) is 0 Å². The fourth-order valence-electron chi connectivity index (χ4n) is 2.05. The molecule has 8 heteroatoms. The van der Waals surface area contributed by atoms with E-state index in [1.165, 1.54) is 6.20 Å². The van der Waals surface area contributed by atoms with E-state index in [0.717, 1.165) is 25.2 Å². The summed E-state index contributed by atoms with van der Waals surface area (Å²) >= 11 is 0. The van der Waals surface area contributed by atoms with Crippen molar-refractivity contribution >= 4 is 17.3 Å². The molecule has 0 atom stereocenters. The highest BCUT2D eigenvalue weighted by atomic mass is 19.2. The summed E-state index contributed by atoms with van der Waals surface area (Å²) in [6.07, 6.45) is 3.08. The Morgan fingerprint density at radius 2 is 2.19 bits per heavy atom. The van der Waals surface area contributed by atoms with Gasteiger partial charge in [-0.2, -0.15) is 5.10 Å². The van der Waals surface area contributed by atoms with Crippen molar-refractivity contribution in [1.29, 1.82) is 0 Å². The van der Waals surface area contributed by atoms with Crippen molar-refractivity contribution in [1.82, 2.24) is 15.1 Å². The maximum absolute atomic E-state index is 13.7. The molecule has 21 heavy (non-hydrogen) atoms. The third kappa shape index (κ3) is 2.45. The maximum atomic E-state index is 13.7. The number of hydrogen-bond acceptors (Lipinski definition) is 4. The molecular formula is C13H13F2N5O. The molecule has 6 nitrogen and oxygen atoms in total. The molecule has 0 spiro atoms. The maximum Gasteiger partial charge on any atom is 0.260 e. The number of nitrogens with zero attached hydrogens (tertiary/aromatic N) is 2. The topological polar surface area (TPSA) is 85.0 Å². The van der Waals surface area contributed by atoms with Gasteiger partial charge in [-0.25, -0.2) is 8.78 Å². The van der Waals surface area contributed by atoms with Crippen LogP contribution in [0.4, 0.5) is 20.2 Å². The average Bonchev–Trinajstić information content (AvgIpc) is 2.80. The van der Waals surface area contributed by atoms with Gasteiger partial charge in [-0.1, -0.05) is 0 Å². The lowest BCUT2D eigenvalue weighted by Crippen LogP contribution is -2.43. The van der Waals surface area contributed by atoms with Gasteiger partial charge in [0.1, 0.15) is 5.56 Å². The van der Waals surface area contributed by atoms with Crippen LogP contribution >= 0.6 is 0 Å². The molecule has 1 aromatic carbocycles. The smallest absolute Gasteiger partial charge is 0.260 e. The molecule has 0 aliphatic carbocycles. The predicted octanol–water partition coefficient (Wildman–Crippen LogP) is 1.14. The van der Waals surface area contributed by atoms with Crippen LogP contribution in [0.5, 0.6) is 0 Å². The van der Waals surface area contributed by atoms with E-state index in [0.29, 0.717) is 5.69 Å². The second-order valence-electron chi connectivity index (χ2n) is 4.80. The van der Waals surface area contributed by atoms with E-state index >= 15 is 0 Å². The Morgan fingerprint density at radius 3 is 2.86 bits per heavy atom. The van der Waals surface area contributed by atoms with Crippen molar-refractivity contribution in [2.45, 2.75) is 6.04 Å². The minimum Gasteiger partial charge on any atom is -0.398 e. The number of nitrogen functional groups attached to an aromatic ring is 1. The summed E-state index contributed by atoms with van der Waals surface area (Å²) in [5.41, 5.74) is 5.30. The number of hydrogen-bond donors (Lipinski definition) is 3. The van der Waals surface area contributed by atoms with Crippen molar-refractivity contribution in [3.63, 3.8) is 0 Å². The number of anilines is 2. The normalized spacial score (nSPS) is 14.8. The molecule has 0 unspecified atom stereocenters. The first-order valence-corrected chi connectivity index (χ1v) is 6.36. The molecule has 110 valence electrons. The molecule has 4 N–H and O–H groups in total. The van der Waals surface area contributed by atoms with Gasteiger partial charge in [0.15, 0.2) is 11.6 Å².